The molecule has 12 nitrogen and oxygen atoms in total. The number of fused-ring (bicyclic) bond motifs is 2. The number of rotatable bonds is 5. The Hall–Kier alpha value is -5.93. The molecule has 0 unspecified atom stereocenters. The Morgan fingerprint density at radius 2 is 1.33 bits per heavy atom. The summed E-state index contributed by atoms with van der Waals surface area (Å²) in [7, 11) is 0. The number of H-pyrrole nitrogens is 2. The molecule has 0 aliphatic heterocycles. The van der Waals surface area contributed by atoms with E-state index in [0.717, 1.165) is 29.8 Å². The molecule has 46 heavy (non-hydrogen) atoms. The number of carbonyl (C=O) groups is 4. The number of hydrogen-bond donors (Lipinski definition) is 6. The molecule has 0 radical (unpaired) electrons. The molecule has 238 valence electrons. The summed E-state index contributed by atoms with van der Waals surface area (Å²) < 4.78 is 58.3. The third-order valence-electron chi connectivity index (χ3n) is 6.94. The van der Waals surface area contributed by atoms with E-state index in [0.29, 0.717) is 24.2 Å². The Balaban J connectivity index is 0.000000209. The summed E-state index contributed by atoms with van der Waals surface area (Å²) >= 11 is 0. The van der Waals surface area contributed by atoms with Crippen LogP contribution in [0.2, 0.25) is 0 Å². The van der Waals surface area contributed by atoms with Gasteiger partial charge in [0, 0.05) is 66.4 Å². The van der Waals surface area contributed by atoms with E-state index in [-0.39, 0.29) is 39.8 Å². The van der Waals surface area contributed by atoms with Gasteiger partial charge in [-0.05, 0) is 24.6 Å². The predicted octanol–water partition coefficient (Wildman–Crippen LogP) is 4.28. The van der Waals surface area contributed by atoms with Crippen molar-refractivity contribution in [3.05, 3.63) is 83.8 Å². The maximum atomic E-state index is 13.4. The number of aromatic amines is 2. The predicted molar refractivity (Wildman–Crippen MR) is 156 cm³/mol. The smallest absolute Gasteiger partial charge is 0.394 e. The van der Waals surface area contributed by atoms with E-state index in [9.17, 15) is 36.7 Å². The average Bonchev–Trinajstić information content (AvgIpc) is 3.56. The fourth-order valence-corrected chi connectivity index (χ4v) is 4.52. The monoisotopic (exact) mass is 640 g/mol. The summed E-state index contributed by atoms with van der Waals surface area (Å²) in [4.78, 5) is 55.0. The Labute approximate surface area is 256 Å². The first-order chi connectivity index (χ1) is 21.9. The van der Waals surface area contributed by atoms with Crippen LogP contribution in [-0.4, -0.2) is 55.9 Å². The van der Waals surface area contributed by atoms with Crippen LogP contribution >= 0.6 is 0 Å². The largest absolute Gasteiger partial charge is 0.474 e. The van der Waals surface area contributed by atoms with Gasteiger partial charge in [0.2, 0.25) is 5.88 Å². The fourth-order valence-electron chi connectivity index (χ4n) is 4.52. The van der Waals surface area contributed by atoms with E-state index in [1.165, 1.54) is 12.4 Å². The number of hydrogen-bond acceptors (Lipinski definition) is 6. The molecule has 1 fully saturated rings. The van der Waals surface area contributed by atoms with Gasteiger partial charge in [0.1, 0.15) is 6.10 Å². The van der Waals surface area contributed by atoms with Gasteiger partial charge in [-0.2, -0.15) is 0 Å². The maximum absolute atomic E-state index is 13.4. The van der Waals surface area contributed by atoms with Crippen molar-refractivity contribution in [2.75, 3.05) is 10.6 Å². The quantitative estimate of drug-likeness (QED) is 0.123. The van der Waals surface area contributed by atoms with Crippen LogP contribution in [0.15, 0.2) is 55.0 Å². The molecule has 3 heterocycles. The molecule has 1 aliphatic rings. The number of pyridine rings is 1. The Morgan fingerprint density at radius 1 is 0.804 bits per heavy atom. The minimum atomic E-state index is -1.66. The lowest BCUT2D eigenvalue weighted by Crippen LogP contribution is -2.51. The highest BCUT2D eigenvalue weighted by molar-refractivity contribution is 6.40. The number of aliphatic carboxylic acids is 1. The SMILES string of the molecule is Cc1ccc(O[C@H]2C[C@H](NC(=O)C(=O)Nc3c[nH]c4cc(F)c(F)cc34)C2)nc1.O=C(O)C(=O)Nc1c[nH]c2cc(F)c(F)cc12. The average molecular weight is 641 g/mol. The highest BCUT2D eigenvalue weighted by atomic mass is 19.2. The van der Waals surface area contributed by atoms with E-state index >= 15 is 0 Å². The highest BCUT2D eigenvalue weighted by Gasteiger charge is 2.33. The van der Waals surface area contributed by atoms with Crippen LogP contribution in [0.25, 0.3) is 21.8 Å². The number of aryl methyl sites for hydroxylation is 1. The number of benzene rings is 2. The van der Waals surface area contributed by atoms with Crippen molar-refractivity contribution >= 4 is 56.9 Å². The number of ether oxygens (including phenoxy) is 1. The van der Waals surface area contributed by atoms with E-state index in [1.54, 1.807) is 12.3 Å². The van der Waals surface area contributed by atoms with Crippen molar-refractivity contribution in [1.29, 1.82) is 0 Å². The number of carbonyl (C=O) groups excluding carboxylic acids is 3. The molecular weight excluding hydrogens is 616 g/mol. The van der Waals surface area contributed by atoms with Gasteiger partial charge >= 0.3 is 23.7 Å². The van der Waals surface area contributed by atoms with Crippen LogP contribution in [0.3, 0.4) is 0 Å². The van der Waals surface area contributed by atoms with Gasteiger partial charge in [0.05, 0.1) is 22.4 Å². The van der Waals surface area contributed by atoms with Gasteiger partial charge in [-0.15, -0.1) is 0 Å². The zero-order valence-corrected chi connectivity index (χ0v) is 23.7. The first-order valence-corrected chi connectivity index (χ1v) is 13.6. The molecule has 5 aromatic rings. The van der Waals surface area contributed by atoms with Gasteiger partial charge in [-0.3, -0.25) is 14.4 Å². The topological polar surface area (TPSA) is 178 Å². The summed E-state index contributed by atoms with van der Waals surface area (Å²) in [5, 5.41) is 15.9. The van der Waals surface area contributed by atoms with Crippen molar-refractivity contribution in [1.82, 2.24) is 20.3 Å². The molecule has 0 atom stereocenters. The van der Waals surface area contributed by atoms with Gasteiger partial charge in [0.25, 0.3) is 0 Å². The normalized spacial score (nSPS) is 15.3. The van der Waals surface area contributed by atoms with Crippen molar-refractivity contribution in [2.24, 2.45) is 0 Å². The second kappa shape index (κ2) is 13.0. The lowest BCUT2D eigenvalue weighted by Gasteiger charge is -2.35. The Morgan fingerprint density at radius 3 is 1.83 bits per heavy atom. The van der Waals surface area contributed by atoms with Crippen LogP contribution in [0.4, 0.5) is 28.9 Å². The zero-order valence-electron chi connectivity index (χ0n) is 23.7. The molecule has 1 aliphatic carbocycles. The second-order valence-electron chi connectivity index (χ2n) is 10.3. The van der Waals surface area contributed by atoms with Gasteiger partial charge in [0.15, 0.2) is 23.3 Å². The van der Waals surface area contributed by atoms with Gasteiger partial charge in [-0.25, -0.2) is 27.3 Å². The lowest BCUT2D eigenvalue weighted by molar-refractivity contribution is -0.147. The molecule has 3 aromatic heterocycles. The van der Waals surface area contributed by atoms with Crippen LogP contribution in [0.1, 0.15) is 18.4 Å². The summed E-state index contributed by atoms with van der Waals surface area (Å²) in [6, 6.07) is 7.23. The number of aromatic nitrogens is 3. The third kappa shape index (κ3) is 7.06. The summed E-state index contributed by atoms with van der Waals surface area (Å²) in [6.07, 6.45) is 5.38. The summed E-state index contributed by atoms with van der Waals surface area (Å²) in [5.74, 6) is -8.25. The summed E-state index contributed by atoms with van der Waals surface area (Å²) in [6.45, 7) is 1.93. The number of halogens is 4. The van der Waals surface area contributed by atoms with E-state index in [2.05, 4.69) is 30.9 Å². The van der Waals surface area contributed by atoms with E-state index in [1.807, 2.05) is 13.0 Å². The van der Waals surface area contributed by atoms with Crippen molar-refractivity contribution in [3.63, 3.8) is 0 Å². The van der Waals surface area contributed by atoms with E-state index < -0.39 is 47.0 Å². The number of carboxylic acid groups (broad SMARTS) is 1. The van der Waals surface area contributed by atoms with Gasteiger partial charge < -0.3 is 35.8 Å². The zero-order chi connectivity index (χ0) is 33.1. The number of carboxylic acids is 1. The van der Waals surface area contributed by atoms with E-state index in [4.69, 9.17) is 9.84 Å². The molecule has 1 saturated carbocycles. The van der Waals surface area contributed by atoms with Crippen LogP contribution in [0.5, 0.6) is 5.88 Å². The Kier molecular flexibility index (Phi) is 8.88. The highest BCUT2D eigenvalue weighted by Crippen LogP contribution is 2.27. The third-order valence-corrected chi connectivity index (χ3v) is 6.94. The van der Waals surface area contributed by atoms with Crippen LogP contribution < -0.4 is 20.7 Å². The molecule has 6 rings (SSSR count). The minimum absolute atomic E-state index is 0.0753. The minimum Gasteiger partial charge on any atom is -0.474 e. The molecular formula is C30H24F4N6O6. The van der Waals surface area contributed by atoms with Crippen LogP contribution in [-0.2, 0) is 19.2 Å². The van der Waals surface area contributed by atoms with Crippen molar-refractivity contribution in [2.45, 2.75) is 31.9 Å². The number of anilines is 2. The first-order valence-electron chi connectivity index (χ1n) is 13.6. The molecule has 6 N–H and O–H groups in total. The molecule has 0 bridgehead atoms. The second-order valence-corrected chi connectivity index (χ2v) is 10.3. The Bertz CT molecular complexity index is 1970. The lowest BCUT2D eigenvalue weighted by atomic mass is 9.89. The number of amides is 3. The molecule has 2 aromatic carbocycles. The maximum Gasteiger partial charge on any atom is 0.394 e. The molecule has 0 spiro atoms. The van der Waals surface area contributed by atoms with Crippen molar-refractivity contribution < 1.29 is 46.6 Å². The summed E-state index contributed by atoms with van der Waals surface area (Å²) in [5.41, 5.74) is 1.86. The first kappa shape index (κ1) is 31.5. The molecule has 0 saturated heterocycles. The molecule has 3 amide bonds. The standard InChI is InChI=1S/C20H18F2N4O3.C10H6F2N2O3/c1-10-2-3-18(24-8-10)29-12-4-11(5-12)25-19(27)20(28)26-17-9-23-16-7-15(22)14(21)6-13(16)17;11-5-1-4-7(2-6(5)12)13-3-8(4)14-9(15)10(16)17/h2-3,6-9,11-12,23H,4-5H2,1H3,(H,25,27)(H,26,28);1-3,13H,(H,14,15)(H,16,17)/t11-,12-;. The van der Waals surface area contributed by atoms with Crippen molar-refractivity contribution in [3.8, 4) is 5.88 Å². The number of nitrogens with zero attached hydrogens (tertiary/aromatic N) is 1. The van der Waals surface area contributed by atoms with Crippen LogP contribution in [0, 0.1) is 30.2 Å². The number of nitrogens with one attached hydrogen (secondary N) is 5. The molecule has 16 heteroatoms. The fraction of sp³-hybridized carbons (Fsp3) is 0.167. The van der Waals surface area contributed by atoms with Gasteiger partial charge in [-0.1, -0.05) is 6.07 Å².